The topological polar surface area (TPSA) is 58.6 Å². The average molecular weight is 636 g/mol. The first-order chi connectivity index (χ1) is 20.5. The molecule has 0 amide bonds. The van der Waals surface area contributed by atoms with Crippen LogP contribution in [0.2, 0.25) is 6.04 Å². The Bertz CT molecular complexity index is 541. The van der Waals surface area contributed by atoms with E-state index in [1.807, 2.05) is 41.5 Å². The Balaban J connectivity index is 5.32. The summed E-state index contributed by atoms with van der Waals surface area (Å²) in [7, 11) is -6.09. The highest BCUT2D eigenvalue weighted by atomic mass is 28.4. The second-order valence-corrected chi connectivity index (χ2v) is 16.6. The minimum Gasteiger partial charge on any atom is -0.374 e. The second kappa shape index (κ2) is 28.6. The van der Waals surface area contributed by atoms with Gasteiger partial charge in [0.05, 0.1) is 5.67 Å². The standard InChI is InChI=1S/C33H73NO6Si2/c1-9-17-18-19-20-21-22-23-24-25-26-27-28-29-31-34(30-10-2)33(42(38-14-6,39-15-7)40-16-8)32-41(35-11-3,36-12-4)37-13-5/h33H,9-32H2,1-8H3. The first kappa shape index (κ1) is 42.2. The zero-order valence-corrected chi connectivity index (χ0v) is 31.4. The van der Waals surface area contributed by atoms with Crippen molar-refractivity contribution in [3.8, 4) is 0 Å². The van der Waals surface area contributed by atoms with E-state index in [0.29, 0.717) is 45.7 Å². The third-order valence-electron chi connectivity index (χ3n) is 7.73. The summed E-state index contributed by atoms with van der Waals surface area (Å²) in [6, 6.07) is 0.618. The molecular formula is C33H73NO6Si2. The van der Waals surface area contributed by atoms with Crippen LogP contribution in [0.25, 0.3) is 0 Å². The van der Waals surface area contributed by atoms with Crippen molar-refractivity contribution in [2.45, 2.75) is 163 Å². The van der Waals surface area contributed by atoms with Gasteiger partial charge in [-0.1, -0.05) is 97.3 Å². The third kappa shape index (κ3) is 18.2. The molecule has 0 saturated heterocycles. The van der Waals surface area contributed by atoms with E-state index in [1.54, 1.807) is 0 Å². The lowest BCUT2D eigenvalue weighted by Crippen LogP contribution is -2.66. The summed E-state index contributed by atoms with van der Waals surface area (Å²) >= 11 is 0. The maximum atomic E-state index is 6.51. The van der Waals surface area contributed by atoms with Gasteiger partial charge >= 0.3 is 17.6 Å². The van der Waals surface area contributed by atoms with Crippen LogP contribution in [0.4, 0.5) is 0 Å². The monoisotopic (exact) mass is 635 g/mol. The van der Waals surface area contributed by atoms with Crippen molar-refractivity contribution >= 4 is 17.6 Å². The molecule has 0 spiro atoms. The lowest BCUT2D eigenvalue weighted by atomic mass is 10.0. The van der Waals surface area contributed by atoms with Crippen LogP contribution in [0.5, 0.6) is 0 Å². The first-order valence-electron chi connectivity index (χ1n) is 18.1. The van der Waals surface area contributed by atoms with E-state index in [-0.39, 0.29) is 5.67 Å². The normalized spacial score (nSPS) is 13.4. The maximum absolute atomic E-state index is 6.51. The zero-order valence-electron chi connectivity index (χ0n) is 29.4. The molecule has 254 valence electrons. The molecule has 0 bridgehead atoms. The average Bonchev–Trinajstić information content (AvgIpc) is 2.96. The highest BCUT2D eigenvalue weighted by molar-refractivity contribution is 6.68. The molecule has 0 aromatic rings. The van der Waals surface area contributed by atoms with Gasteiger partial charge in [-0.15, -0.1) is 0 Å². The number of unbranched alkanes of at least 4 members (excludes halogenated alkanes) is 13. The Hall–Kier alpha value is 0.154. The molecule has 0 aliphatic rings. The van der Waals surface area contributed by atoms with Crippen LogP contribution < -0.4 is 0 Å². The van der Waals surface area contributed by atoms with Gasteiger partial charge in [-0.3, -0.25) is 4.90 Å². The third-order valence-corrected chi connectivity index (χ3v) is 14.7. The molecular weight excluding hydrogens is 563 g/mol. The predicted octanol–water partition coefficient (Wildman–Crippen LogP) is 9.18. The van der Waals surface area contributed by atoms with E-state index in [4.69, 9.17) is 26.6 Å². The van der Waals surface area contributed by atoms with Crippen LogP contribution in [0.15, 0.2) is 0 Å². The molecule has 0 rings (SSSR count). The van der Waals surface area contributed by atoms with Gasteiger partial charge in [-0.25, -0.2) is 0 Å². The summed E-state index contributed by atoms with van der Waals surface area (Å²) in [6.45, 7) is 22.0. The van der Waals surface area contributed by atoms with Crippen LogP contribution >= 0.6 is 0 Å². The number of rotatable bonds is 33. The largest absolute Gasteiger partial charge is 0.519 e. The van der Waals surface area contributed by atoms with Crippen molar-refractivity contribution in [3.05, 3.63) is 0 Å². The van der Waals surface area contributed by atoms with E-state index in [0.717, 1.165) is 25.9 Å². The van der Waals surface area contributed by atoms with Gasteiger partial charge in [-0.05, 0) is 67.5 Å². The predicted molar refractivity (Wildman–Crippen MR) is 182 cm³/mol. The van der Waals surface area contributed by atoms with Crippen molar-refractivity contribution in [2.75, 3.05) is 52.7 Å². The lowest BCUT2D eigenvalue weighted by molar-refractivity contribution is 0.0242. The molecule has 0 fully saturated rings. The molecule has 0 aliphatic carbocycles. The Kier molecular flexibility index (Phi) is 28.7. The van der Waals surface area contributed by atoms with Gasteiger partial charge in [0.15, 0.2) is 0 Å². The molecule has 7 nitrogen and oxygen atoms in total. The summed E-state index contributed by atoms with van der Waals surface area (Å²) in [4.78, 5) is 2.56. The van der Waals surface area contributed by atoms with Crippen LogP contribution in [-0.4, -0.2) is 80.9 Å². The van der Waals surface area contributed by atoms with Crippen molar-refractivity contribution in [1.82, 2.24) is 4.90 Å². The van der Waals surface area contributed by atoms with Gasteiger partial charge in [0, 0.05) is 45.7 Å². The summed E-state index contributed by atoms with van der Waals surface area (Å²) < 4.78 is 38.6. The Morgan fingerprint density at radius 1 is 0.405 bits per heavy atom. The fourth-order valence-electron chi connectivity index (χ4n) is 5.91. The number of hydrogen-bond donors (Lipinski definition) is 0. The molecule has 1 atom stereocenters. The molecule has 0 aromatic heterocycles. The second-order valence-electron chi connectivity index (χ2n) is 11.2. The molecule has 0 saturated carbocycles. The molecule has 9 heteroatoms. The number of nitrogens with zero attached hydrogens (tertiary/aromatic N) is 1. The Morgan fingerprint density at radius 3 is 1.10 bits per heavy atom. The number of hydrogen-bond acceptors (Lipinski definition) is 7. The van der Waals surface area contributed by atoms with Gasteiger partial charge in [0.2, 0.25) is 0 Å². The SMILES string of the molecule is CCCCCCCCCCCCCCCCN(CCC)C(C[Si](OCC)(OCC)OCC)[Si](OCC)(OCC)OCC. The minimum atomic E-state index is -3.11. The van der Waals surface area contributed by atoms with Crippen LogP contribution in [0.3, 0.4) is 0 Å². The van der Waals surface area contributed by atoms with Crippen molar-refractivity contribution in [1.29, 1.82) is 0 Å². The van der Waals surface area contributed by atoms with E-state index < -0.39 is 17.6 Å². The molecule has 0 N–H and O–H groups in total. The minimum absolute atomic E-state index is 0.0735. The summed E-state index contributed by atoms with van der Waals surface area (Å²) in [5, 5.41) is 0. The fourth-order valence-corrected chi connectivity index (χ4v) is 13.1. The summed E-state index contributed by atoms with van der Waals surface area (Å²) in [5.41, 5.74) is -0.0735. The van der Waals surface area contributed by atoms with Gasteiger partial charge in [-0.2, -0.15) is 0 Å². The quantitative estimate of drug-likeness (QED) is 0.0526. The van der Waals surface area contributed by atoms with Gasteiger partial charge in [0.25, 0.3) is 0 Å². The molecule has 0 aromatic carbocycles. The van der Waals surface area contributed by atoms with Crippen LogP contribution in [0.1, 0.15) is 152 Å². The first-order valence-corrected chi connectivity index (χ1v) is 21.8. The fraction of sp³-hybridized carbons (Fsp3) is 1.00. The lowest BCUT2D eigenvalue weighted by Gasteiger charge is -2.44. The van der Waals surface area contributed by atoms with Crippen molar-refractivity contribution in [2.24, 2.45) is 0 Å². The molecule has 0 radical (unpaired) electrons. The maximum Gasteiger partial charge on any atom is 0.519 e. The molecule has 0 aliphatic heterocycles. The van der Waals surface area contributed by atoms with Gasteiger partial charge in [0.1, 0.15) is 0 Å². The molecule has 42 heavy (non-hydrogen) atoms. The Morgan fingerprint density at radius 2 is 0.762 bits per heavy atom. The van der Waals surface area contributed by atoms with Crippen LogP contribution in [-0.2, 0) is 26.6 Å². The van der Waals surface area contributed by atoms with Crippen molar-refractivity contribution < 1.29 is 26.6 Å². The van der Waals surface area contributed by atoms with E-state index in [2.05, 4.69) is 18.7 Å². The smallest absolute Gasteiger partial charge is 0.374 e. The van der Waals surface area contributed by atoms with Crippen LogP contribution in [0, 0.1) is 0 Å². The van der Waals surface area contributed by atoms with E-state index in [9.17, 15) is 0 Å². The molecule has 1 unspecified atom stereocenters. The van der Waals surface area contributed by atoms with Gasteiger partial charge < -0.3 is 26.6 Å². The van der Waals surface area contributed by atoms with Crippen molar-refractivity contribution in [3.63, 3.8) is 0 Å². The van der Waals surface area contributed by atoms with E-state index in [1.165, 1.54) is 83.5 Å². The molecule has 0 heterocycles. The van der Waals surface area contributed by atoms with E-state index >= 15 is 0 Å². The summed E-state index contributed by atoms with van der Waals surface area (Å²) in [6.07, 6.45) is 20.2. The Labute approximate surface area is 264 Å². The highest BCUT2D eigenvalue weighted by Gasteiger charge is 2.57. The highest BCUT2D eigenvalue weighted by Crippen LogP contribution is 2.31. The summed E-state index contributed by atoms with van der Waals surface area (Å²) in [5.74, 6) is 0. The zero-order chi connectivity index (χ0) is 31.4.